The van der Waals surface area contributed by atoms with Crippen molar-refractivity contribution in [1.82, 2.24) is 10.2 Å². The van der Waals surface area contributed by atoms with Gasteiger partial charge in [0.05, 0.1) is 7.11 Å². The monoisotopic (exact) mass is 438 g/mol. The molecule has 1 fully saturated rings. The summed E-state index contributed by atoms with van der Waals surface area (Å²) in [7, 11) is 1.33. The lowest BCUT2D eigenvalue weighted by Gasteiger charge is -2.32. The van der Waals surface area contributed by atoms with Crippen LogP contribution in [0.3, 0.4) is 0 Å². The highest BCUT2D eigenvalue weighted by Crippen LogP contribution is 2.21. The number of hydrogen-bond donors (Lipinski definition) is 1. The van der Waals surface area contributed by atoms with Gasteiger partial charge in [0.1, 0.15) is 6.04 Å². The summed E-state index contributed by atoms with van der Waals surface area (Å²) >= 11 is 3.36. The second-order valence-corrected chi connectivity index (χ2v) is 8.20. The standard InChI is InChI=1S/C20H27BrN2O4/c1-13(2)12-17(20(26)27-3)22-18(24)14-8-10-23(11-9-14)19(25)15-4-6-16(21)7-5-15/h4-7,13-14,17H,8-12H2,1-3H3,(H,22,24). The quantitative estimate of drug-likeness (QED) is 0.692. The molecule has 2 rings (SSSR count). The number of carbonyl (C=O) groups is 3. The minimum Gasteiger partial charge on any atom is -0.467 e. The van der Waals surface area contributed by atoms with Crippen LogP contribution >= 0.6 is 15.9 Å². The lowest BCUT2D eigenvalue weighted by atomic mass is 9.94. The van der Waals surface area contributed by atoms with Crippen LogP contribution in [0.2, 0.25) is 0 Å². The van der Waals surface area contributed by atoms with Crippen LogP contribution in [0, 0.1) is 11.8 Å². The van der Waals surface area contributed by atoms with Gasteiger partial charge >= 0.3 is 5.97 Å². The number of nitrogens with one attached hydrogen (secondary N) is 1. The second kappa shape index (κ2) is 9.88. The Kier molecular flexibility index (Phi) is 7.83. The van der Waals surface area contributed by atoms with E-state index in [4.69, 9.17) is 4.74 Å². The fraction of sp³-hybridized carbons (Fsp3) is 0.550. The van der Waals surface area contributed by atoms with Gasteiger partial charge in [0.25, 0.3) is 5.91 Å². The summed E-state index contributed by atoms with van der Waals surface area (Å²) in [4.78, 5) is 38.8. The molecule has 0 aromatic heterocycles. The topological polar surface area (TPSA) is 75.7 Å². The molecule has 1 saturated heterocycles. The number of hydrogen-bond acceptors (Lipinski definition) is 4. The molecule has 148 valence electrons. The van der Waals surface area contributed by atoms with Gasteiger partial charge in [-0.3, -0.25) is 9.59 Å². The molecule has 0 spiro atoms. The molecule has 0 saturated carbocycles. The molecule has 1 unspecified atom stereocenters. The molecule has 1 atom stereocenters. The molecule has 1 aromatic rings. The van der Waals surface area contributed by atoms with Crippen LogP contribution in [0.4, 0.5) is 0 Å². The zero-order valence-electron chi connectivity index (χ0n) is 16.0. The number of amides is 2. The Balaban J connectivity index is 1.90. The molecule has 1 heterocycles. The predicted octanol–water partition coefficient (Wildman–Crippen LogP) is 3.01. The van der Waals surface area contributed by atoms with Gasteiger partial charge in [-0.05, 0) is 49.4 Å². The Bertz CT molecular complexity index is 667. The van der Waals surface area contributed by atoms with E-state index >= 15 is 0 Å². The van der Waals surface area contributed by atoms with E-state index in [-0.39, 0.29) is 23.7 Å². The van der Waals surface area contributed by atoms with E-state index < -0.39 is 12.0 Å². The van der Waals surface area contributed by atoms with Crippen molar-refractivity contribution < 1.29 is 19.1 Å². The molecule has 2 amide bonds. The van der Waals surface area contributed by atoms with Crippen molar-refractivity contribution in [3.63, 3.8) is 0 Å². The lowest BCUT2D eigenvalue weighted by molar-refractivity contribution is -0.146. The van der Waals surface area contributed by atoms with Crippen molar-refractivity contribution >= 4 is 33.7 Å². The average Bonchev–Trinajstić information content (AvgIpc) is 2.66. The summed E-state index contributed by atoms with van der Waals surface area (Å²) < 4.78 is 5.72. The molecular formula is C20H27BrN2O4. The molecular weight excluding hydrogens is 412 g/mol. The second-order valence-electron chi connectivity index (χ2n) is 7.29. The number of esters is 1. The van der Waals surface area contributed by atoms with Crippen molar-refractivity contribution in [3.05, 3.63) is 34.3 Å². The van der Waals surface area contributed by atoms with Crippen LogP contribution in [0.15, 0.2) is 28.7 Å². The molecule has 1 aliphatic heterocycles. The third-order valence-corrected chi connectivity index (χ3v) is 5.28. The molecule has 1 aromatic carbocycles. The Morgan fingerprint density at radius 3 is 2.30 bits per heavy atom. The minimum atomic E-state index is -0.620. The van der Waals surface area contributed by atoms with Crippen molar-refractivity contribution in [3.8, 4) is 0 Å². The van der Waals surface area contributed by atoms with E-state index in [1.54, 1.807) is 17.0 Å². The maximum Gasteiger partial charge on any atom is 0.328 e. The van der Waals surface area contributed by atoms with Crippen molar-refractivity contribution in [2.75, 3.05) is 20.2 Å². The third-order valence-electron chi connectivity index (χ3n) is 4.75. The van der Waals surface area contributed by atoms with Gasteiger partial charge in [0.15, 0.2) is 0 Å². The molecule has 6 nitrogen and oxygen atoms in total. The largest absolute Gasteiger partial charge is 0.467 e. The Labute approximate surface area is 168 Å². The van der Waals surface area contributed by atoms with Gasteiger partial charge in [0.2, 0.25) is 5.91 Å². The van der Waals surface area contributed by atoms with E-state index in [9.17, 15) is 14.4 Å². The smallest absolute Gasteiger partial charge is 0.328 e. The molecule has 1 N–H and O–H groups in total. The number of halogens is 1. The van der Waals surface area contributed by atoms with Crippen LogP contribution in [0.5, 0.6) is 0 Å². The number of piperidine rings is 1. The fourth-order valence-corrected chi connectivity index (χ4v) is 3.50. The molecule has 0 bridgehead atoms. The number of ether oxygens (including phenoxy) is 1. The first-order valence-electron chi connectivity index (χ1n) is 9.24. The normalized spacial score (nSPS) is 16.1. The lowest BCUT2D eigenvalue weighted by Crippen LogP contribution is -2.48. The van der Waals surface area contributed by atoms with Gasteiger partial charge in [-0.15, -0.1) is 0 Å². The zero-order chi connectivity index (χ0) is 20.0. The summed E-state index contributed by atoms with van der Waals surface area (Å²) in [5.74, 6) is -0.506. The van der Waals surface area contributed by atoms with Crippen LogP contribution in [-0.2, 0) is 14.3 Å². The maximum atomic E-state index is 12.6. The number of benzene rings is 1. The molecule has 0 radical (unpaired) electrons. The Morgan fingerprint density at radius 1 is 1.19 bits per heavy atom. The van der Waals surface area contributed by atoms with Gasteiger partial charge < -0.3 is 15.0 Å². The molecule has 7 heteroatoms. The van der Waals surface area contributed by atoms with E-state index in [1.165, 1.54) is 7.11 Å². The van der Waals surface area contributed by atoms with Gasteiger partial charge in [-0.1, -0.05) is 29.8 Å². The average molecular weight is 439 g/mol. The first-order chi connectivity index (χ1) is 12.8. The van der Waals surface area contributed by atoms with Crippen LogP contribution in [0.25, 0.3) is 0 Å². The third kappa shape index (κ3) is 6.06. The summed E-state index contributed by atoms with van der Waals surface area (Å²) in [5, 5.41) is 2.83. The van der Waals surface area contributed by atoms with Crippen LogP contribution in [-0.4, -0.2) is 48.9 Å². The summed E-state index contributed by atoms with van der Waals surface area (Å²) in [6, 6.07) is 6.64. The van der Waals surface area contributed by atoms with Crippen LogP contribution in [0.1, 0.15) is 43.5 Å². The van der Waals surface area contributed by atoms with E-state index in [2.05, 4.69) is 21.2 Å². The number of rotatable bonds is 6. The highest BCUT2D eigenvalue weighted by atomic mass is 79.9. The highest BCUT2D eigenvalue weighted by Gasteiger charge is 2.31. The zero-order valence-corrected chi connectivity index (χ0v) is 17.6. The maximum absolute atomic E-state index is 12.6. The summed E-state index contributed by atoms with van der Waals surface area (Å²) in [5.41, 5.74) is 0.642. The van der Waals surface area contributed by atoms with E-state index in [0.717, 1.165) is 4.47 Å². The van der Waals surface area contributed by atoms with Crippen molar-refractivity contribution in [2.45, 2.75) is 39.2 Å². The number of likely N-dealkylation sites (tertiary alicyclic amines) is 1. The number of carbonyl (C=O) groups excluding carboxylic acids is 3. The van der Waals surface area contributed by atoms with Crippen molar-refractivity contribution in [2.24, 2.45) is 11.8 Å². The van der Waals surface area contributed by atoms with Gasteiger partial charge in [-0.25, -0.2) is 4.79 Å². The predicted molar refractivity (Wildman–Crippen MR) is 106 cm³/mol. The van der Waals surface area contributed by atoms with E-state index in [0.29, 0.717) is 37.9 Å². The van der Waals surface area contributed by atoms with Gasteiger partial charge in [0, 0.05) is 29.0 Å². The SMILES string of the molecule is COC(=O)C(CC(C)C)NC(=O)C1CCN(C(=O)c2ccc(Br)cc2)CC1. The molecule has 27 heavy (non-hydrogen) atoms. The first-order valence-corrected chi connectivity index (χ1v) is 10.0. The minimum absolute atomic E-state index is 0.0198. The Hall–Kier alpha value is -1.89. The van der Waals surface area contributed by atoms with Crippen molar-refractivity contribution in [1.29, 1.82) is 0 Å². The van der Waals surface area contributed by atoms with E-state index in [1.807, 2.05) is 26.0 Å². The summed E-state index contributed by atoms with van der Waals surface area (Å²) in [6.07, 6.45) is 1.71. The van der Waals surface area contributed by atoms with Gasteiger partial charge in [-0.2, -0.15) is 0 Å². The molecule has 0 aliphatic carbocycles. The Morgan fingerprint density at radius 2 is 1.78 bits per heavy atom. The molecule has 1 aliphatic rings. The summed E-state index contributed by atoms with van der Waals surface area (Å²) in [6.45, 7) is 5.04. The number of nitrogens with zero attached hydrogens (tertiary/aromatic N) is 1. The van der Waals surface area contributed by atoms with Crippen LogP contribution < -0.4 is 5.32 Å². The fourth-order valence-electron chi connectivity index (χ4n) is 3.24. The first kappa shape index (κ1) is 21.4. The highest BCUT2D eigenvalue weighted by molar-refractivity contribution is 9.10. The number of methoxy groups -OCH3 is 1.